The van der Waals surface area contributed by atoms with E-state index in [2.05, 4.69) is 6.07 Å². The lowest BCUT2D eigenvalue weighted by Gasteiger charge is -2.22. The summed E-state index contributed by atoms with van der Waals surface area (Å²) in [5, 5.41) is 3.61. The van der Waals surface area contributed by atoms with Crippen molar-refractivity contribution in [2.75, 3.05) is 12.4 Å². The molecule has 0 radical (unpaired) electrons. The molecular formula is C19H20N2O2S. The van der Waals surface area contributed by atoms with Crippen molar-refractivity contribution in [1.82, 2.24) is 9.55 Å². The fraction of sp³-hybridized carbons (Fsp3) is 0.368. The van der Waals surface area contributed by atoms with Gasteiger partial charge in [0.25, 0.3) is 5.56 Å². The lowest BCUT2D eigenvalue weighted by molar-refractivity contribution is 0.0315. The fourth-order valence-electron chi connectivity index (χ4n) is 3.17. The molecule has 24 heavy (non-hydrogen) atoms. The first-order valence-corrected chi connectivity index (χ1v) is 9.35. The summed E-state index contributed by atoms with van der Waals surface area (Å²) in [7, 11) is 1.80. The van der Waals surface area contributed by atoms with Crippen molar-refractivity contribution in [2.45, 2.75) is 30.5 Å². The highest BCUT2D eigenvalue weighted by molar-refractivity contribution is 7.99. The van der Waals surface area contributed by atoms with Crippen molar-refractivity contribution in [3.8, 4) is 0 Å². The van der Waals surface area contributed by atoms with E-state index in [4.69, 9.17) is 9.72 Å². The summed E-state index contributed by atoms with van der Waals surface area (Å²) in [5.74, 6) is 0.847. The van der Waals surface area contributed by atoms with Crippen LogP contribution in [0.15, 0.2) is 46.3 Å². The maximum absolute atomic E-state index is 12.7. The number of nitrogens with zero attached hydrogens (tertiary/aromatic N) is 2. The van der Waals surface area contributed by atoms with Gasteiger partial charge in [-0.25, -0.2) is 4.98 Å². The van der Waals surface area contributed by atoms with Gasteiger partial charge in [-0.2, -0.15) is 0 Å². The van der Waals surface area contributed by atoms with Crippen LogP contribution in [0.5, 0.6) is 0 Å². The Morgan fingerprint density at radius 1 is 1.25 bits per heavy atom. The first kappa shape index (κ1) is 15.7. The van der Waals surface area contributed by atoms with Gasteiger partial charge >= 0.3 is 0 Å². The van der Waals surface area contributed by atoms with Crippen LogP contribution in [0.2, 0.25) is 0 Å². The number of thioether (sulfide) groups is 1. The van der Waals surface area contributed by atoms with Gasteiger partial charge in [-0.3, -0.25) is 9.36 Å². The lowest BCUT2D eigenvalue weighted by Crippen LogP contribution is -2.23. The van der Waals surface area contributed by atoms with Gasteiger partial charge in [0.15, 0.2) is 5.16 Å². The average Bonchev–Trinajstić information content (AvgIpc) is 2.63. The normalized spacial score (nSPS) is 18.3. The minimum Gasteiger partial charge on any atom is -0.377 e. The molecule has 0 spiro atoms. The van der Waals surface area contributed by atoms with Gasteiger partial charge in [-0.15, -0.1) is 0 Å². The number of hydrogen-bond donors (Lipinski definition) is 0. The first-order valence-electron chi connectivity index (χ1n) is 8.36. The monoisotopic (exact) mass is 340 g/mol. The van der Waals surface area contributed by atoms with Crippen LogP contribution in [0.3, 0.4) is 0 Å². The number of rotatable bonds is 3. The highest BCUT2D eigenvalue weighted by Crippen LogP contribution is 2.24. The molecule has 0 N–H and O–H groups in total. The van der Waals surface area contributed by atoms with E-state index >= 15 is 0 Å². The van der Waals surface area contributed by atoms with Gasteiger partial charge in [-0.1, -0.05) is 36.0 Å². The molecule has 0 amide bonds. The standard InChI is InChI=1S/C19H20N2O2S/c1-21-18(22)16-10-13-6-2-3-7-14(13)11-17(16)20-19(21)24-12-15-8-4-5-9-23-15/h2-3,6-7,10-11,15H,4-5,8-9,12H2,1H3/t15-/m1/s1. The van der Waals surface area contributed by atoms with Gasteiger partial charge in [0.1, 0.15) is 0 Å². The summed E-state index contributed by atoms with van der Waals surface area (Å²) < 4.78 is 7.44. The minimum atomic E-state index is 0.0119. The van der Waals surface area contributed by atoms with E-state index in [-0.39, 0.29) is 11.7 Å². The van der Waals surface area contributed by atoms with Crippen LogP contribution in [0.1, 0.15) is 19.3 Å². The minimum absolute atomic E-state index is 0.0119. The summed E-state index contributed by atoms with van der Waals surface area (Å²) in [4.78, 5) is 17.5. The van der Waals surface area contributed by atoms with Crippen LogP contribution in [0.4, 0.5) is 0 Å². The van der Waals surface area contributed by atoms with E-state index in [0.717, 1.165) is 46.6 Å². The lowest BCUT2D eigenvalue weighted by atomic mass is 10.1. The molecule has 4 nitrogen and oxygen atoms in total. The summed E-state index contributed by atoms with van der Waals surface area (Å²) in [6.07, 6.45) is 3.74. The maximum Gasteiger partial charge on any atom is 0.261 e. The Morgan fingerprint density at radius 2 is 2.04 bits per heavy atom. The Hall–Kier alpha value is -1.85. The molecule has 124 valence electrons. The highest BCUT2D eigenvalue weighted by atomic mass is 32.2. The third-order valence-corrected chi connectivity index (χ3v) is 5.74. The van der Waals surface area contributed by atoms with Gasteiger partial charge in [-0.05, 0) is 42.2 Å². The second-order valence-electron chi connectivity index (χ2n) is 6.27. The van der Waals surface area contributed by atoms with Gasteiger partial charge in [0.05, 0.1) is 17.0 Å². The van der Waals surface area contributed by atoms with E-state index < -0.39 is 0 Å². The zero-order valence-electron chi connectivity index (χ0n) is 13.7. The number of fused-ring (bicyclic) bond motifs is 2. The molecular weight excluding hydrogens is 320 g/mol. The van der Waals surface area contributed by atoms with Gasteiger partial charge in [0.2, 0.25) is 0 Å². The summed E-state index contributed by atoms with van der Waals surface area (Å²) >= 11 is 1.61. The molecule has 2 heterocycles. The number of ether oxygens (including phenoxy) is 1. The maximum atomic E-state index is 12.7. The predicted octanol–water partition coefficient (Wildman–Crippen LogP) is 3.75. The van der Waals surface area contributed by atoms with Crippen molar-refractivity contribution in [3.63, 3.8) is 0 Å². The topological polar surface area (TPSA) is 44.1 Å². The molecule has 0 bridgehead atoms. The van der Waals surface area contributed by atoms with Crippen LogP contribution in [0.25, 0.3) is 21.7 Å². The third kappa shape index (κ3) is 2.94. The highest BCUT2D eigenvalue weighted by Gasteiger charge is 2.16. The van der Waals surface area contributed by atoms with E-state index in [9.17, 15) is 4.79 Å². The zero-order chi connectivity index (χ0) is 16.5. The quantitative estimate of drug-likeness (QED) is 0.414. The molecule has 2 aromatic carbocycles. The van der Waals surface area contributed by atoms with Crippen molar-refractivity contribution in [1.29, 1.82) is 0 Å². The molecule has 1 saturated heterocycles. The van der Waals surface area contributed by atoms with Crippen LogP contribution in [-0.4, -0.2) is 28.0 Å². The van der Waals surface area contributed by atoms with E-state index in [1.165, 1.54) is 6.42 Å². The molecule has 1 aliphatic heterocycles. The fourth-order valence-corrected chi connectivity index (χ4v) is 4.21. The smallest absolute Gasteiger partial charge is 0.261 e. The Bertz CT molecular complexity index is 945. The summed E-state index contributed by atoms with van der Waals surface area (Å²) in [5.41, 5.74) is 0.779. The van der Waals surface area contributed by atoms with E-state index in [1.54, 1.807) is 23.4 Å². The number of benzene rings is 2. The van der Waals surface area contributed by atoms with Crippen molar-refractivity contribution >= 4 is 33.4 Å². The summed E-state index contributed by atoms with van der Waals surface area (Å²) in [6.45, 7) is 0.849. The van der Waals surface area contributed by atoms with E-state index in [0.29, 0.717) is 5.39 Å². The molecule has 0 saturated carbocycles. The van der Waals surface area contributed by atoms with Crippen LogP contribution >= 0.6 is 11.8 Å². The zero-order valence-corrected chi connectivity index (χ0v) is 14.5. The van der Waals surface area contributed by atoms with Crippen molar-refractivity contribution in [2.24, 2.45) is 7.05 Å². The van der Waals surface area contributed by atoms with Gasteiger partial charge < -0.3 is 4.74 Å². The van der Waals surface area contributed by atoms with Crippen molar-refractivity contribution < 1.29 is 4.74 Å². The Balaban J connectivity index is 1.71. The molecule has 0 aliphatic carbocycles. The second-order valence-corrected chi connectivity index (χ2v) is 7.26. The number of aromatic nitrogens is 2. The summed E-state index contributed by atoms with van der Waals surface area (Å²) in [6, 6.07) is 12.0. The van der Waals surface area contributed by atoms with Gasteiger partial charge in [0, 0.05) is 19.4 Å². The molecule has 0 unspecified atom stereocenters. The average molecular weight is 340 g/mol. The van der Waals surface area contributed by atoms with Crippen molar-refractivity contribution in [3.05, 3.63) is 46.8 Å². The molecule has 1 aromatic heterocycles. The molecule has 5 heteroatoms. The predicted molar refractivity (Wildman–Crippen MR) is 98.8 cm³/mol. The van der Waals surface area contributed by atoms with Crippen LogP contribution in [-0.2, 0) is 11.8 Å². The molecule has 4 rings (SSSR count). The molecule has 1 fully saturated rings. The second kappa shape index (κ2) is 6.57. The SMILES string of the molecule is Cn1c(SC[C@H]2CCCCO2)nc2cc3ccccc3cc2c1=O. The number of hydrogen-bond acceptors (Lipinski definition) is 4. The molecule has 3 aromatic rings. The Labute approximate surface area is 144 Å². The van der Waals surface area contributed by atoms with E-state index in [1.807, 2.05) is 30.3 Å². The first-order chi connectivity index (χ1) is 11.7. The Kier molecular flexibility index (Phi) is 4.29. The van der Waals surface area contributed by atoms with Crippen LogP contribution < -0.4 is 5.56 Å². The largest absolute Gasteiger partial charge is 0.377 e. The Morgan fingerprint density at radius 3 is 2.79 bits per heavy atom. The molecule has 1 atom stereocenters. The third-order valence-electron chi connectivity index (χ3n) is 4.57. The van der Waals surface area contributed by atoms with Crippen LogP contribution in [0, 0.1) is 0 Å². The molecule has 1 aliphatic rings.